The Morgan fingerprint density at radius 1 is 0.579 bits per heavy atom. The van der Waals surface area contributed by atoms with E-state index in [2.05, 4.69) is 61.5 Å². The molecule has 0 saturated carbocycles. The highest BCUT2D eigenvalue weighted by Crippen LogP contribution is 2.36. The van der Waals surface area contributed by atoms with E-state index in [9.17, 15) is 18.0 Å². The van der Waals surface area contributed by atoms with Gasteiger partial charge in [0.2, 0.25) is 0 Å². The summed E-state index contributed by atoms with van der Waals surface area (Å²) in [6, 6.07) is 38.8. The van der Waals surface area contributed by atoms with Crippen LogP contribution in [0.15, 0.2) is 132 Å². The molecule has 0 atom stereocenters. The minimum absolute atomic E-state index is 0.00812. The highest BCUT2D eigenvalue weighted by Gasteiger charge is 2.30. The normalized spacial score (nSPS) is 10.7. The Bertz CT molecular complexity index is 2590. The molecule has 6 aromatic rings. The molecule has 2 nitrogen and oxygen atoms in total. The predicted octanol–water partition coefficient (Wildman–Crippen LogP) is 12.1. The lowest BCUT2D eigenvalue weighted by atomic mass is 9.90. The minimum atomic E-state index is -4.47. The molecule has 0 bridgehead atoms. The average molecular weight is 772 g/mol. The third kappa shape index (κ3) is 10.3. The summed E-state index contributed by atoms with van der Waals surface area (Å²) in [6.45, 7) is 5.73. The summed E-state index contributed by atoms with van der Waals surface area (Å²) in [5.41, 5.74) is 10.4. The second kappa shape index (κ2) is 18.0. The number of halogens is 3. The lowest BCUT2D eigenvalue weighted by Gasteiger charge is -2.15. The molecule has 0 fully saturated rings. The Kier molecular flexibility index (Phi) is 12.7. The van der Waals surface area contributed by atoms with E-state index >= 15 is 0 Å². The maximum Gasteiger partial charge on any atom is 0.416 e. The molecule has 0 N–H and O–H groups in total. The summed E-state index contributed by atoms with van der Waals surface area (Å²) >= 11 is 1.15. The molecule has 0 aliphatic heterocycles. The average Bonchev–Trinajstić information content (AvgIpc) is 3.21. The molecule has 282 valence electrons. The van der Waals surface area contributed by atoms with Crippen molar-refractivity contribution in [1.29, 1.82) is 0 Å². The maximum absolute atomic E-state index is 13.6. The van der Waals surface area contributed by atoms with Gasteiger partial charge in [-0.3, -0.25) is 4.79 Å². The largest absolute Gasteiger partial charge is 0.416 e. The van der Waals surface area contributed by atoms with Crippen LogP contribution in [0.25, 0.3) is 22.3 Å². The first kappa shape index (κ1) is 40.3. The molecule has 0 amide bonds. The van der Waals surface area contributed by atoms with Crippen LogP contribution in [-0.2, 0) is 23.8 Å². The van der Waals surface area contributed by atoms with Crippen LogP contribution in [0.3, 0.4) is 0 Å². The highest BCUT2D eigenvalue weighted by molar-refractivity contribution is 8.13. The molecule has 6 aromatic carbocycles. The van der Waals surface area contributed by atoms with Gasteiger partial charge in [-0.2, -0.15) is 13.2 Å². The van der Waals surface area contributed by atoms with Crippen molar-refractivity contribution in [3.8, 4) is 57.8 Å². The third-order valence-corrected chi connectivity index (χ3v) is 10.2. The molecule has 6 rings (SSSR count). The van der Waals surface area contributed by atoms with Crippen LogP contribution in [0.1, 0.15) is 70.8 Å². The van der Waals surface area contributed by atoms with Crippen molar-refractivity contribution in [2.75, 3.05) is 19.0 Å². The van der Waals surface area contributed by atoms with Gasteiger partial charge in [0.15, 0.2) is 5.12 Å². The number of hydrogen-bond acceptors (Lipinski definition) is 3. The van der Waals surface area contributed by atoms with E-state index in [0.29, 0.717) is 22.3 Å². The van der Waals surface area contributed by atoms with Crippen LogP contribution in [0, 0.1) is 35.5 Å². The van der Waals surface area contributed by atoms with E-state index in [1.807, 2.05) is 110 Å². The summed E-state index contributed by atoms with van der Waals surface area (Å²) < 4.78 is 40.9. The molecule has 0 aliphatic carbocycles. The van der Waals surface area contributed by atoms with Gasteiger partial charge in [-0.15, -0.1) is 0 Å². The van der Waals surface area contributed by atoms with Crippen molar-refractivity contribution in [2.45, 2.75) is 44.7 Å². The number of carbonyl (C=O) groups is 1. The Morgan fingerprint density at radius 3 is 1.51 bits per heavy atom. The number of carbonyl (C=O) groups excluding carboxylic acids is 1. The van der Waals surface area contributed by atoms with Crippen LogP contribution < -0.4 is 4.90 Å². The fourth-order valence-electron chi connectivity index (χ4n) is 6.28. The van der Waals surface area contributed by atoms with Gasteiger partial charge in [0, 0.05) is 65.0 Å². The zero-order valence-electron chi connectivity index (χ0n) is 32.4. The number of anilines is 1. The molecule has 0 spiro atoms. The summed E-state index contributed by atoms with van der Waals surface area (Å²) in [4.78, 5) is 14.5. The van der Waals surface area contributed by atoms with Crippen LogP contribution >= 0.6 is 11.8 Å². The second-order valence-corrected chi connectivity index (χ2v) is 14.8. The number of thioether (sulfide) groups is 1. The number of alkyl halides is 3. The molecule has 0 radical (unpaired) electrons. The summed E-state index contributed by atoms with van der Waals surface area (Å²) in [5.74, 6) is 20.2. The summed E-state index contributed by atoms with van der Waals surface area (Å²) in [5, 5.41) is -0.00812. The first-order chi connectivity index (χ1) is 27.4. The van der Waals surface area contributed by atoms with E-state index in [1.165, 1.54) is 19.1 Å². The van der Waals surface area contributed by atoms with Crippen molar-refractivity contribution < 1.29 is 18.0 Å². The fourth-order valence-corrected chi connectivity index (χ4v) is 6.88. The van der Waals surface area contributed by atoms with Crippen molar-refractivity contribution in [1.82, 2.24) is 0 Å². The highest BCUT2D eigenvalue weighted by atomic mass is 32.2. The van der Waals surface area contributed by atoms with Crippen LogP contribution in [0.2, 0.25) is 0 Å². The van der Waals surface area contributed by atoms with Crippen molar-refractivity contribution in [2.24, 2.45) is 0 Å². The summed E-state index contributed by atoms with van der Waals surface area (Å²) in [6.07, 6.45) is -2.93. The molecular formula is C51H40F3NOS. The lowest BCUT2D eigenvalue weighted by molar-refractivity contribution is -0.137. The number of rotatable bonds is 6. The molecule has 0 aromatic heterocycles. The topological polar surface area (TPSA) is 20.3 Å². The Morgan fingerprint density at radius 2 is 1.04 bits per heavy atom. The van der Waals surface area contributed by atoms with Crippen molar-refractivity contribution in [3.05, 3.63) is 177 Å². The van der Waals surface area contributed by atoms with Crippen molar-refractivity contribution in [3.63, 3.8) is 0 Å². The molecule has 0 heterocycles. The monoisotopic (exact) mass is 771 g/mol. The van der Waals surface area contributed by atoms with Gasteiger partial charge in [-0.25, -0.2) is 0 Å². The van der Waals surface area contributed by atoms with E-state index < -0.39 is 11.7 Å². The lowest BCUT2D eigenvalue weighted by Crippen LogP contribution is -2.07. The van der Waals surface area contributed by atoms with E-state index in [-0.39, 0.29) is 5.12 Å². The smallest absolute Gasteiger partial charge is 0.378 e. The molecule has 57 heavy (non-hydrogen) atoms. The fraction of sp³-hybridized carbons (Fsp3) is 0.157. The number of aryl methyl sites for hydroxylation is 2. The summed E-state index contributed by atoms with van der Waals surface area (Å²) in [7, 11) is 3.97. The van der Waals surface area contributed by atoms with Gasteiger partial charge >= 0.3 is 6.18 Å². The molecule has 6 heteroatoms. The standard InChI is InChI=1S/C51H40F3NOS/c1-6-38-32-43(39(7-2)31-42(38)17-13-36-11-9-8-10-12-36)19-20-45-34-49(40-21-25-46(26-22-40)51(52,53)54)44(18-14-37-15-29-48(30-16-37)57-35(3)56)33-50(45)41-23-27-47(28-24-41)55(4)5/h8-12,15-16,21-34H,6-7H2,1-5H3. The zero-order chi connectivity index (χ0) is 40.5. The Balaban J connectivity index is 1.53. The molecule has 0 aliphatic rings. The number of nitrogens with zero attached hydrogens (tertiary/aromatic N) is 1. The SMILES string of the molecule is CCc1cc(C#Cc2cc(-c3ccc(C(F)(F)F)cc3)c(C#Cc3ccc(SC(C)=O)cc3)cc2-c2ccc(N(C)C)cc2)c(CC)cc1C#Cc1ccccc1. The number of benzene rings is 6. The zero-order valence-corrected chi connectivity index (χ0v) is 33.3. The molecular weight excluding hydrogens is 732 g/mol. The third-order valence-electron chi connectivity index (χ3n) is 9.37. The molecule has 0 saturated heterocycles. The van der Waals surface area contributed by atoms with Gasteiger partial charge in [-0.1, -0.05) is 104 Å². The number of hydrogen-bond donors (Lipinski definition) is 0. The van der Waals surface area contributed by atoms with Crippen molar-refractivity contribution >= 4 is 22.6 Å². The van der Waals surface area contributed by atoms with Crippen LogP contribution in [0.5, 0.6) is 0 Å². The van der Waals surface area contributed by atoms with E-state index in [1.54, 1.807) is 0 Å². The first-order valence-electron chi connectivity index (χ1n) is 18.6. The first-order valence-corrected chi connectivity index (χ1v) is 19.4. The Hall–Kier alpha value is -6.39. The maximum atomic E-state index is 13.6. The van der Waals surface area contributed by atoms with Crippen LogP contribution in [-0.4, -0.2) is 19.2 Å². The van der Waals surface area contributed by atoms with Gasteiger partial charge in [-0.05, 0) is 131 Å². The van der Waals surface area contributed by atoms with E-state index in [0.717, 1.165) is 91.8 Å². The minimum Gasteiger partial charge on any atom is -0.378 e. The van der Waals surface area contributed by atoms with E-state index in [4.69, 9.17) is 0 Å². The van der Waals surface area contributed by atoms with Gasteiger partial charge in [0.05, 0.1) is 5.56 Å². The quantitative estimate of drug-likeness (QED) is 0.124. The van der Waals surface area contributed by atoms with Gasteiger partial charge in [0.25, 0.3) is 0 Å². The van der Waals surface area contributed by atoms with Gasteiger partial charge < -0.3 is 4.90 Å². The predicted molar refractivity (Wildman–Crippen MR) is 229 cm³/mol. The second-order valence-electron chi connectivity index (χ2n) is 13.6. The molecule has 0 unspecified atom stereocenters. The van der Waals surface area contributed by atoms with Gasteiger partial charge in [0.1, 0.15) is 0 Å². The Labute approximate surface area is 338 Å². The van der Waals surface area contributed by atoms with Crippen LogP contribution in [0.4, 0.5) is 18.9 Å².